The van der Waals surface area contributed by atoms with Gasteiger partial charge in [0, 0.05) is 13.5 Å². The van der Waals surface area contributed by atoms with E-state index in [2.05, 4.69) is 0 Å². The SMILES string of the molecule is CC(=O)OC(C)(C)c1ccc(OC(=O)C(C)(CN)CC(C)C)cc1. The van der Waals surface area contributed by atoms with Crippen molar-refractivity contribution in [2.75, 3.05) is 6.54 Å². The van der Waals surface area contributed by atoms with E-state index in [0.717, 1.165) is 5.56 Å². The van der Waals surface area contributed by atoms with Crippen LogP contribution in [0.15, 0.2) is 24.3 Å². The van der Waals surface area contributed by atoms with Gasteiger partial charge in [0.15, 0.2) is 0 Å². The molecule has 5 nitrogen and oxygen atoms in total. The summed E-state index contributed by atoms with van der Waals surface area (Å²) in [6.07, 6.45) is 0.667. The number of esters is 2. The quantitative estimate of drug-likeness (QED) is 0.610. The minimum Gasteiger partial charge on any atom is -0.455 e. The fraction of sp³-hybridized carbons (Fsp3) is 0.579. The van der Waals surface area contributed by atoms with Gasteiger partial charge in [-0.2, -0.15) is 0 Å². The summed E-state index contributed by atoms with van der Waals surface area (Å²) in [6, 6.07) is 6.97. The van der Waals surface area contributed by atoms with Crippen LogP contribution in [0.25, 0.3) is 0 Å². The Kier molecular flexibility index (Phi) is 6.55. The molecule has 1 unspecified atom stereocenters. The molecule has 0 saturated carbocycles. The molecule has 0 amide bonds. The number of benzene rings is 1. The molecular weight excluding hydrogens is 306 g/mol. The van der Waals surface area contributed by atoms with Gasteiger partial charge in [0.1, 0.15) is 11.4 Å². The van der Waals surface area contributed by atoms with E-state index in [1.807, 2.05) is 34.6 Å². The third-order valence-corrected chi connectivity index (χ3v) is 3.96. The molecule has 1 aromatic rings. The minimum atomic E-state index is -0.738. The maximum absolute atomic E-state index is 12.5. The molecule has 0 aromatic heterocycles. The van der Waals surface area contributed by atoms with Crippen molar-refractivity contribution in [3.05, 3.63) is 29.8 Å². The van der Waals surface area contributed by atoms with Crippen LogP contribution in [-0.2, 0) is 19.9 Å². The molecule has 2 N–H and O–H groups in total. The van der Waals surface area contributed by atoms with Crippen LogP contribution in [0.5, 0.6) is 5.75 Å². The van der Waals surface area contributed by atoms with Gasteiger partial charge in [-0.25, -0.2) is 0 Å². The van der Waals surface area contributed by atoms with Crippen LogP contribution in [0.3, 0.4) is 0 Å². The fourth-order valence-electron chi connectivity index (χ4n) is 2.72. The lowest BCUT2D eigenvalue weighted by atomic mass is 9.82. The Labute approximate surface area is 144 Å². The molecule has 0 aliphatic heterocycles. The molecule has 24 heavy (non-hydrogen) atoms. The highest BCUT2D eigenvalue weighted by Crippen LogP contribution is 2.30. The summed E-state index contributed by atoms with van der Waals surface area (Å²) in [4.78, 5) is 23.6. The lowest BCUT2D eigenvalue weighted by Crippen LogP contribution is -2.40. The second-order valence-corrected chi connectivity index (χ2v) is 7.38. The second kappa shape index (κ2) is 7.79. The maximum Gasteiger partial charge on any atom is 0.318 e. The molecule has 0 fully saturated rings. The molecular formula is C19H29NO4. The third kappa shape index (κ3) is 5.34. The van der Waals surface area contributed by atoms with Gasteiger partial charge in [0.05, 0.1) is 5.41 Å². The van der Waals surface area contributed by atoms with Gasteiger partial charge in [-0.1, -0.05) is 26.0 Å². The van der Waals surface area contributed by atoms with Gasteiger partial charge in [-0.3, -0.25) is 9.59 Å². The predicted molar refractivity (Wildman–Crippen MR) is 93.5 cm³/mol. The number of hydrogen-bond acceptors (Lipinski definition) is 5. The van der Waals surface area contributed by atoms with Crippen molar-refractivity contribution in [3.63, 3.8) is 0 Å². The zero-order chi connectivity index (χ0) is 18.5. The Bertz CT molecular complexity index is 578. The summed E-state index contributed by atoms with van der Waals surface area (Å²) in [5.74, 6) is 0.123. The molecule has 0 saturated heterocycles. The van der Waals surface area contributed by atoms with E-state index >= 15 is 0 Å². The lowest BCUT2D eigenvalue weighted by molar-refractivity contribution is -0.154. The van der Waals surface area contributed by atoms with Crippen molar-refractivity contribution in [2.45, 2.75) is 53.6 Å². The summed E-state index contributed by atoms with van der Waals surface area (Å²) < 4.78 is 10.8. The predicted octanol–water partition coefficient (Wildman–Crippen LogP) is 3.40. The Morgan fingerprint density at radius 1 is 1.12 bits per heavy atom. The van der Waals surface area contributed by atoms with Gasteiger partial charge in [0.25, 0.3) is 0 Å². The molecule has 0 aliphatic carbocycles. The molecule has 1 atom stereocenters. The first kappa shape index (κ1) is 20.2. The highest BCUT2D eigenvalue weighted by molar-refractivity contribution is 5.79. The molecule has 5 heteroatoms. The van der Waals surface area contributed by atoms with Crippen molar-refractivity contribution in [1.29, 1.82) is 0 Å². The summed E-state index contributed by atoms with van der Waals surface area (Å²) in [5, 5.41) is 0. The highest BCUT2D eigenvalue weighted by Gasteiger charge is 2.34. The first-order valence-electron chi connectivity index (χ1n) is 8.22. The Morgan fingerprint density at radius 3 is 2.08 bits per heavy atom. The van der Waals surface area contributed by atoms with E-state index in [1.54, 1.807) is 24.3 Å². The van der Waals surface area contributed by atoms with Crippen LogP contribution >= 0.6 is 0 Å². The zero-order valence-corrected chi connectivity index (χ0v) is 15.5. The van der Waals surface area contributed by atoms with Gasteiger partial charge in [-0.15, -0.1) is 0 Å². The van der Waals surface area contributed by atoms with Crippen LogP contribution in [0.2, 0.25) is 0 Å². The average molecular weight is 335 g/mol. The van der Waals surface area contributed by atoms with E-state index < -0.39 is 11.0 Å². The highest BCUT2D eigenvalue weighted by atomic mass is 16.6. The van der Waals surface area contributed by atoms with Crippen LogP contribution in [0.1, 0.15) is 53.5 Å². The number of nitrogens with two attached hydrogens (primary N) is 1. The van der Waals surface area contributed by atoms with Gasteiger partial charge < -0.3 is 15.2 Å². The van der Waals surface area contributed by atoms with Gasteiger partial charge in [-0.05, 0) is 50.8 Å². The fourth-order valence-corrected chi connectivity index (χ4v) is 2.72. The first-order chi connectivity index (χ1) is 11.0. The zero-order valence-electron chi connectivity index (χ0n) is 15.5. The average Bonchev–Trinajstić information content (AvgIpc) is 2.45. The van der Waals surface area contributed by atoms with Crippen LogP contribution in [0, 0.1) is 11.3 Å². The number of ether oxygens (including phenoxy) is 2. The van der Waals surface area contributed by atoms with Gasteiger partial charge in [0.2, 0.25) is 0 Å². The van der Waals surface area contributed by atoms with Crippen LogP contribution < -0.4 is 10.5 Å². The van der Waals surface area contributed by atoms with Crippen molar-refractivity contribution in [3.8, 4) is 5.75 Å². The normalized spacial score (nSPS) is 14.2. The summed E-state index contributed by atoms with van der Waals surface area (Å²) in [6.45, 7) is 11.2. The van der Waals surface area contributed by atoms with E-state index in [-0.39, 0.29) is 18.5 Å². The van der Waals surface area contributed by atoms with Crippen LogP contribution in [0.4, 0.5) is 0 Å². The van der Waals surface area contributed by atoms with E-state index in [4.69, 9.17) is 15.2 Å². The number of hydrogen-bond donors (Lipinski definition) is 1. The van der Waals surface area contributed by atoms with Crippen molar-refractivity contribution >= 4 is 11.9 Å². The summed E-state index contributed by atoms with van der Waals surface area (Å²) in [5.41, 5.74) is 5.17. The van der Waals surface area contributed by atoms with Crippen LogP contribution in [-0.4, -0.2) is 18.5 Å². The molecule has 0 heterocycles. The lowest BCUT2D eigenvalue weighted by Gasteiger charge is -2.28. The summed E-state index contributed by atoms with van der Waals surface area (Å²) in [7, 11) is 0. The molecule has 0 spiro atoms. The second-order valence-electron chi connectivity index (χ2n) is 7.38. The smallest absolute Gasteiger partial charge is 0.318 e. The van der Waals surface area contributed by atoms with Gasteiger partial charge >= 0.3 is 11.9 Å². The Balaban J connectivity index is 2.87. The first-order valence-corrected chi connectivity index (χ1v) is 8.22. The molecule has 134 valence electrons. The van der Waals surface area contributed by atoms with Crippen molar-refractivity contribution in [1.82, 2.24) is 0 Å². The summed E-state index contributed by atoms with van der Waals surface area (Å²) >= 11 is 0. The number of rotatable bonds is 7. The maximum atomic E-state index is 12.5. The van der Waals surface area contributed by atoms with Crippen molar-refractivity contribution in [2.24, 2.45) is 17.1 Å². The third-order valence-electron chi connectivity index (χ3n) is 3.96. The Hall–Kier alpha value is -1.88. The molecule has 0 radical (unpaired) electrons. The Morgan fingerprint density at radius 2 is 1.67 bits per heavy atom. The molecule has 1 rings (SSSR count). The largest absolute Gasteiger partial charge is 0.455 e. The van der Waals surface area contributed by atoms with E-state index in [9.17, 15) is 9.59 Å². The monoisotopic (exact) mass is 335 g/mol. The van der Waals surface area contributed by atoms with E-state index in [1.165, 1.54) is 6.92 Å². The minimum absolute atomic E-state index is 0.238. The number of carbonyl (C=O) groups excluding carboxylic acids is 2. The molecule has 0 aliphatic rings. The molecule has 0 bridgehead atoms. The topological polar surface area (TPSA) is 78.6 Å². The number of carbonyl (C=O) groups is 2. The standard InChI is InChI=1S/C19H29NO4/c1-13(2)11-19(6,12-20)17(22)23-16-9-7-15(8-10-16)18(4,5)24-14(3)21/h7-10,13H,11-12,20H2,1-6H3. The van der Waals surface area contributed by atoms with E-state index in [0.29, 0.717) is 18.1 Å². The van der Waals surface area contributed by atoms with Crippen molar-refractivity contribution < 1.29 is 19.1 Å². The molecule has 1 aromatic carbocycles.